The topological polar surface area (TPSA) is 71.4 Å². The lowest BCUT2D eigenvalue weighted by molar-refractivity contribution is -0.135. The minimum absolute atomic E-state index is 0.0474. The second kappa shape index (κ2) is 6.98. The lowest BCUT2D eigenvalue weighted by Gasteiger charge is -2.34. The zero-order chi connectivity index (χ0) is 17.1. The van der Waals surface area contributed by atoms with Gasteiger partial charge in [0.25, 0.3) is 5.91 Å². The number of likely N-dealkylation sites (tertiary alicyclic amines) is 1. The van der Waals surface area contributed by atoms with Crippen molar-refractivity contribution >= 4 is 11.8 Å². The number of piperidine rings is 1. The lowest BCUT2D eigenvalue weighted by Crippen LogP contribution is -2.51. The molecule has 1 aromatic rings. The normalized spacial score (nSPS) is 18.1. The van der Waals surface area contributed by atoms with Crippen LogP contribution < -0.4 is 10.7 Å². The summed E-state index contributed by atoms with van der Waals surface area (Å²) in [7, 11) is 1.80. The van der Waals surface area contributed by atoms with E-state index in [1.807, 2.05) is 20.8 Å². The Balaban J connectivity index is 2.07. The molecule has 23 heavy (non-hydrogen) atoms. The highest BCUT2D eigenvalue weighted by Crippen LogP contribution is 2.13. The summed E-state index contributed by atoms with van der Waals surface area (Å²) in [6.45, 7) is 6.81. The van der Waals surface area contributed by atoms with E-state index in [-0.39, 0.29) is 34.8 Å². The Morgan fingerprint density at radius 1 is 1.35 bits per heavy atom. The SMILES string of the molecule is Cc1cc(=O)c(C(=O)N[C@@H]2CCCN(C(=O)C(C)C)C2)cn1C. The first-order valence-electron chi connectivity index (χ1n) is 8.06. The molecule has 1 aliphatic heterocycles. The van der Waals surface area contributed by atoms with Crippen LogP contribution in [0.15, 0.2) is 17.1 Å². The summed E-state index contributed by atoms with van der Waals surface area (Å²) in [5.41, 5.74) is 0.673. The Morgan fingerprint density at radius 2 is 2.04 bits per heavy atom. The first kappa shape index (κ1) is 17.2. The van der Waals surface area contributed by atoms with E-state index in [1.165, 1.54) is 6.07 Å². The van der Waals surface area contributed by atoms with Gasteiger partial charge in [-0.25, -0.2) is 0 Å². The van der Waals surface area contributed by atoms with Crippen molar-refractivity contribution < 1.29 is 9.59 Å². The van der Waals surface area contributed by atoms with Crippen molar-refractivity contribution in [1.29, 1.82) is 0 Å². The van der Waals surface area contributed by atoms with E-state index in [1.54, 1.807) is 22.7 Å². The van der Waals surface area contributed by atoms with Gasteiger partial charge in [0.15, 0.2) is 5.43 Å². The van der Waals surface area contributed by atoms with Crippen molar-refractivity contribution in [2.24, 2.45) is 13.0 Å². The smallest absolute Gasteiger partial charge is 0.257 e. The van der Waals surface area contributed by atoms with Crippen LogP contribution in [0.25, 0.3) is 0 Å². The van der Waals surface area contributed by atoms with Gasteiger partial charge in [0, 0.05) is 50.1 Å². The van der Waals surface area contributed by atoms with Crippen LogP contribution in [0, 0.1) is 12.8 Å². The molecular formula is C17H25N3O3. The highest BCUT2D eigenvalue weighted by Gasteiger charge is 2.26. The summed E-state index contributed by atoms with van der Waals surface area (Å²) >= 11 is 0. The highest BCUT2D eigenvalue weighted by atomic mass is 16.2. The molecule has 0 saturated carbocycles. The van der Waals surface area contributed by atoms with Crippen LogP contribution in [0.5, 0.6) is 0 Å². The zero-order valence-corrected chi connectivity index (χ0v) is 14.3. The van der Waals surface area contributed by atoms with Crippen LogP contribution in [-0.2, 0) is 11.8 Å². The molecule has 126 valence electrons. The van der Waals surface area contributed by atoms with Crippen molar-refractivity contribution in [3.05, 3.63) is 33.7 Å². The number of carbonyl (C=O) groups excluding carboxylic acids is 2. The van der Waals surface area contributed by atoms with Gasteiger partial charge in [-0.2, -0.15) is 0 Å². The minimum atomic E-state index is -0.366. The number of aryl methyl sites for hydroxylation is 2. The lowest BCUT2D eigenvalue weighted by atomic mass is 10.0. The van der Waals surface area contributed by atoms with Crippen molar-refractivity contribution in [2.75, 3.05) is 13.1 Å². The summed E-state index contributed by atoms with van der Waals surface area (Å²) in [5.74, 6) is -0.307. The van der Waals surface area contributed by atoms with Gasteiger partial charge in [-0.15, -0.1) is 0 Å². The standard InChI is InChI=1S/C17H25N3O3/c1-11(2)17(23)20-7-5-6-13(9-20)18-16(22)14-10-19(4)12(3)8-15(14)21/h8,10-11,13H,5-7,9H2,1-4H3,(H,18,22)/t13-/m1/s1. The summed E-state index contributed by atoms with van der Waals surface area (Å²) in [6.07, 6.45) is 3.24. The molecule has 1 aromatic heterocycles. The Morgan fingerprint density at radius 3 is 2.70 bits per heavy atom. The van der Waals surface area contributed by atoms with Gasteiger partial charge in [-0.1, -0.05) is 13.8 Å². The fourth-order valence-corrected chi connectivity index (χ4v) is 2.82. The summed E-state index contributed by atoms with van der Waals surface area (Å²) in [4.78, 5) is 38.3. The van der Waals surface area contributed by atoms with Crippen molar-refractivity contribution in [3.63, 3.8) is 0 Å². The molecule has 0 aliphatic carbocycles. The number of aromatic nitrogens is 1. The van der Waals surface area contributed by atoms with Crippen LogP contribution in [0.1, 0.15) is 42.7 Å². The molecule has 1 aliphatic rings. The third-order valence-electron chi connectivity index (χ3n) is 4.29. The molecule has 6 heteroatoms. The molecular weight excluding hydrogens is 294 g/mol. The number of carbonyl (C=O) groups is 2. The Hall–Kier alpha value is -2.11. The van der Waals surface area contributed by atoms with Gasteiger partial charge in [0.2, 0.25) is 5.91 Å². The predicted octanol–water partition coefficient (Wildman–Crippen LogP) is 1.07. The average Bonchev–Trinajstić information content (AvgIpc) is 2.50. The van der Waals surface area contributed by atoms with Gasteiger partial charge in [-0.3, -0.25) is 14.4 Å². The van der Waals surface area contributed by atoms with Crippen molar-refractivity contribution in [3.8, 4) is 0 Å². The molecule has 2 heterocycles. The maximum atomic E-state index is 12.4. The van der Waals surface area contributed by atoms with E-state index in [4.69, 9.17) is 0 Å². The van der Waals surface area contributed by atoms with Gasteiger partial charge in [0.1, 0.15) is 5.56 Å². The van der Waals surface area contributed by atoms with Crippen LogP contribution in [0.3, 0.4) is 0 Å². The number of hydrogen-bond donors (Lipinski definition) is 1. The molecule has 1 atom stereocenters. The third kappa shape index (κ3) is 4.00. The molecule has 1 N–H and O–H groups in total. The van der Waals surface area contributed by atoms with Crippen LogP contribution in [-0.4, -0.2) is 40.4 Å². The van der Waals surface area contributed by atoms with Gasteiger partial charge in [0.05, 0.1) is 0 Å². The number of pyridine rings is 1. The summed E-state index contributed by atoms with van der Waals surface area (Å²) in [6, 6.07) is 1.36. The first-order chi connectivity index (χ1) is 10.8. The average molecular weight is 319 g/mol. The monoisotopic (exact) mass is 319 g/mol. The Labute approximate surface area is 136 Å². The molecule has 1 saturated heterocycles. The van der Waals surface area contributed by atoms with E-state index >= 15 is 0 Å². The molecule has 0 unspecified atom stereocenters. The molecule has 2 rings (SSSR count). The molecule has 2 amide bonds. The molecule has 1 fully saturated rings. The Kier molecular flexibility index (Phi) is 5.23. The van der Waals surface area contributed by atoms with Crippen LogP contribution in [0.2, 0.25) is 0 Å². The van der Waals surface area contributed by atoms with Crippen LogP contribution >= 0.6 is 0 Å². The number of hydrogen-bond acceptors (Lipinski definition) is 3. The second-order valence-corrected chi connectivity index (χ2v) is 6.56. The quantitative estimate of drug-likeness (QED) is 0.906. The van der Waals surface area contributed by atoms with E-state index in [9.17, 15) is 14.4 Å². The van der Waals surface area contributed by atoms with E-state index in [0.717, 1.165) is 25.1 Å². The number of rotatable bonds is 3. The molecule has 0 spiro atoms. The zero-order valence-electron chi connectivity index (χ0n) is 14.3. The maximum Gasteiger partial charge on any atom is 0.257 e. The fraction of sp³-hybridized carbons (Fsp3) is 0.588. The largest absolute Gasteiger partial charge is 0.354 e. The summed E-state index contributed by atoms with van der Waals surface area (Å²) < 4.78 is 1.76. The van der Waals surface area contributed by atoms with Crippen molar-refractivity contribution in [2.45, 2.75) is 39.7 Å². The Bertz CT molecular complexity index is 664. The predicted molar refractivity (Wildman–Crippen MR) is 88.3 cm³/mol. The van der Waals surface area contributed by atoms with E-state index < -0.39 is 0 Å². The second-order valence-electron chi connectivity index (χ2n) is 6.56. The van der Waals surface area contributed by atoms with Gasteiger partial charge < -0.3 is 14.8 Å². The van der Waals surface area contributed by atoms with Crippen molar-refractivity contribution in [1.82, 2.24) is 14.8 Å². The van der Waals surface area contributed by atoms with Gasteiger partial charge >= 0.3 is 0 Å². The highest BCUT2D eigenvalue weighted by molar-refractivity contribution is 5.94. The van der Waals surface area contributed by atoms with E-state index in [0.29, 0.717) is 6.54 Å². The summed E-state index contributed by atoms with van der Waals surface area (Å²) in [5, 5.41) is 2.90. The molecule has 6 nitrogen and oxygen atoms in total. The molecule has 0 bridgehead atoms. The minimum Gasteiger partial charge on any atom is -0.354 e. The molecule has 0 aromatic carbocycles. The molecule has 0 radical (unpaired) electrons. The number of nitrogens with zero attached hydrogens (tertiary/aromatic N) is 2. The van der Waals surface area contributed by atoms with Crippen LogP contribution in [0.4, 0.5) is 0 Å². The van der Waals surface area contributed by atoms with E-state index in [2.05, 4.69) is 5.32 Å². The maximum absolute atomic E-state index is 12.4. The number of nitrogens with one attached hydrogen (secondary N) is 1. The third-order valence-corrected chi connectivity index (χ3v) is 4.29. The first-order valence-corrected chi connectivity index (χ1v) is 8.06. The number of amides is 2. The fourth-order valence-electron chi connectivity index (χ4n) is 2.82. The van der Waals surface area contributed by atoms with Gasteiger partial charge in [-0.05, 0) is 19.8 Å².